The lowest BCUT2D eigenvalue weighted by molar-refractivity contribution is -0.132. The predicted molar refractivity (Wildman–Crippen MR) is 82.4 cm³/mol. The number of nitrogens with one attached hydrogen (secondary N) is 1. The van der Waals surface area contributed by atoms with Gasteiger partial charge in [0.1, 0.15) is 0 Å². The molecule has 1 aromatic carbocycles. The summed E-state index contributed by atoms with van der Waals surface area (Å²) in [7, 11) is 3.90. The zero-order valence-corrected chi connectivity index (χ0v) is 12.7. The van der Waals surface area contributed by atoms with E-state index in [0.717, 1.165) is 12.8 Å². The van der Waals surface area contributed by atoms with Crippen LogP contribution in [0, 0.1) is 0 Å². The average Bonchev–Trinajstić information content (AvgIpc) is 2.49. The van der Waals surface area contributed by atoms with E-state index in [4.69, 9.17) is 0 Å². The van der Waals surface area contributed by atoms with Gasteiger partial charge in [-0.3, -0.25) is 4.79 Å². The van der Waals surface area contributed by atoms with Crippen molar-refractivity contribution in [2.45, 2.75) is 50.6 Å². The zero-order valence-electron chi connectivity index (χ0n) is 12.7. The first-order chi connectivity index (χ1) is 9.65. The van der Waals surface area contributed by atoms with Gasteiger partial charge in [0.25, 0.3) is 0 Å². The average molecular weight is 274 g/mol. The summed E-state index contributed by atoms with van der Waals surface area (Å²) in [6, 6.07) is 10.2. The predicted octanol–water partition coefficient (Wildman–Crippen LogP) is 2.96. The van der Waals surface area contributed by atoms with Crippen LogP contribution in [0.4, 0.5) is 0 Å². The molecule has 0 atom stereocenters. The zero-order chi connectivity index (χ0) is 14.4. The lowest BCUT2D eigenvalue weighted by Crippen LogP contribution is -2.48. The van der Waals surface area contributed by atoms with Gasteiger partial charge in [-0.1, -0.05) is 49.6 Å². The fourth-order valence-corrected chi connectivity index (χ4v) is 3.11. The molecule has 0 bridgehead atoms. The minimum Gasteiger partial charge on any atom is -0.341 e. The van der Waals surface area contributed by atoms with Crippen LogP contribution in [-0.4, -0.2) is 30.4 Å². The first-order valence-corrected chi connectivity index (χ1v) is 7.62. The van der Waals surface area contributed by atoms with Crippen molar-refractivity contribution in [3.63, 3.8) is 0 Å². The maximum Gasteiger partial charge on any atom is 0.224 e. The van der Waals surface area contributed by atoms with E-state index in [1.807, 2.05) is 37.2 Å². The minimum atomic E-state index is 0.0281. The van der Waals surface area contributed by atoms with Crippen LogP contribution < -0.4 is 5.32 Å². The molecule has 1 amide bonds. The highest BCUT2D eigenvalue weighted by molar-refractivity contribution is 5.77. The lowest BCUT2D eigenvalue weighted by atomic mass is 9.79. The van der Waals surface area contributed by atoms with Gasteiger partial charge in [-0.2, -0.15) is 0 Å². The first-order valence-electron chi connectivity index (χ1n) is 7.62. The number of rotatable bonds is 5. The largest absolute Gasteiger partial charge is 0.341 e. The van der Waals surface area contributed by atoms with E-state index in [-0.39, 0.29) is 11.4 Å². The number of hydrogen-bond donors (Lipinski definition) is 1. The summed E-state index contributed by atoms with van der Waals surface area (Å²) < 4.78 is 0. The highest BCUT2D eigenvalue weighted by Crippen LogP contribution is 2.31. The van der Waals surface area contributed by atoms with E-state index in [2.05, 4.69) is 17.4 Å². The Morgan fingerprint density at radius 2 is 1.85 bits per heavy atom. The first kappa shape index (κ1) is 15.0. The fraction of sp³-hybridized carbons (Fsp3) is 0.588. The normalized spacial score (nSPS) is 17.7. The molecule has 0 spiro atoms. The van der Waals surface area contributed by atoms with Gasteiger partial charge < -0.3 is 10.2 Å². The molecule has 1 aromatic rings. The second-order valence-corrected chi connectivity index (χ2v) is 6.00. The van der Waals surface area contributed by atoms with Gasteiger partial charge >= 0.3 is 0 Å². The van der Waals surface area contributed by atoms with Crippen molar-refractivity contribution in [2.24, 2.45) is 0 Å². The van der Waals surface area contributed by atoms with Crippen LogP contribution in [0.2, 0.25) is 0 Å². The molecule has 1 aliphatic rings. The minimum absolute atomic E-state index is 0.0281. The van der Waals surface area contributed by atoms with Crippen molar-refractivity contribution in [3.8, 4) is 0 Å². The van der Waals surface area contributed by atoms with Crippen molar-refractivity contribution in [1.29, 1.82) is 0 Å². The van der Waals surface area contributed by atoms with E-state index in [0.29, 0.717) is 13.0 Å². The summed E-state index contributed by atoms with van der Waals surface area (Å²) in [5, 5.41) is 3.42. The summed E-state index contributed by atoms with van der Waals surface area (Å²) in [6.45, 7) is 0.694. The highest BCUT2D eigenvalue weighted by atomic mass is 16.2. The lowest BCUT2D eigenvalue weighted by Gasteiger charge is -2.37. The third kappa shape index (κ3) is 3.83. The monoisotopic (exact) mass is 274 g/mol. The summed E-state index contributed by atoms with van der Waals surface area (Å²) in [5.74, 6) is 0.241. The van der Waals surface area contributed by atoms with Gasteiger partial charge in [0.05, 0.1) is 0 Å². The molecule has 2 rings (SSSR count). The highest BCUT2D eigenvalue weighted by Gasteiger charge is 2.33. The molecule has 1 N–H and O–H groups in total. The van der Waals surface area contributed by atoms with E-state index in [1.54, 1.807) is 0 Å². The third-order valence-electron chi connectivity index (χ3n) is 4.52. The third-order valence-corrected chi connectivity index (χ3v) is 4.52. The number of hydrogen-bond acceptors (Lipinski definition) is 2. The van der Waals surface area contributed by atoms with Crippen LogP contribution in [0.3, 0.4) is 0 Å². The van der Waals surface area contributed by atoms with E-state index < -0.39 is 0 Å². The number of benzene rings is 1. The number of carbonyl (C=O) groups is 1. The number of nitrogens with zero attached hydrogens (tertiary/aromatic N) is 1. The summed E-state index contributed by atoms with van der Waals surface area (Å²) in [6.07, 6.45) is 6.63. The van der Waals surface area contributed by atoms with Gasteiger partial charge in [-0.15, -0.1) is 0 Å². The molecular weight excluding hydrogens is 248 g/mol. The van der Waals surface area contributed by atoms with Crippen LogP contribution >= 0.6 is 0 Å². The van der Waals surface area contributed by atoms with Gasteiger partial charge in [0.15, 0.2) is 0 Å². The molecule has 1 fully saturated rings. The molecule has 0 aliphatic heterocycles. The summed E-state index contributed by atoms with van der Waals surface area (Å²) in [5.41, 5.74) is 1.21. The van der Waals surface area contributed by atoms with Crippen LogP contribution in [0.1, 0.15) is 44.1 Å². The second-order valence-electron chi connectivity index (χ2n) is 6.00. The Hall–Kier alpha value is -1.35. The van der Waals surface area contributed by atoms with Crippen molar-refractivity contribution in [1.82, 2.24) is 10.2 Å². The molecule has 0 heterocycles. The molecule has 20 heavy (non-hydrogen) atoms. The molecule has 0 radical (unpaired) electrons. The molecule has 1 aliphatic carbocycles. The Balaban J connectivity index is 1.93. The topological polar surface area (TPSA) is 32.3 Å². The number of carbonyl (C=O) groups excluding carboxylic acids is 1. The Bertz CT molecular complexity index is 424. The van der Waals surface area contributed by atoms with Crippen LogP contribution in [0.5, 0.6) is 0 Å². The Morgan fingerprint density at radius 1 is 1.20 bits per heavy atom. The van der Waals surface area contributed by atoms with Crippen molar-refractivity contribution in [2.75, 3.05) is 14.1 Å². The van der Waals surface area contributed by atoms with E-state index in [9.17, 15) is 4.79 Å². The maximum atomic E-state index is 12.5. The van der Waals surface area contributed by atoms with Gasteiger partial charge in [0, 0.05) is 25.6 Å². The van der Waals surface area contributed by atoms with E-state index in [1.165, 1.54) is 24.8 Å². The van der Waals surface area contributed by atoms with Crippen molar-refractivity contribution < 1.29 is 4.79 Å². The summed E-state index contributed by atoms with van der Waals surface area (Å²) in [4.78, 5) is 14.3. The molecule has 110 valence electrons. The van der Waals surface area contributed by atoms with Crippen LogP contribution in [-0.2, 0) is 11.3 Å². The Labute approximate surface area is 122 Å². The van der Waals surface area contributed by atoms with Gasteiger partial charge in [0.2, 0.25) is 5.91 Å². The molecule has 0 unspecified atom stereocenters. The molecular formula is C17H26N2O. The van der Waals surface area contributed by atoms with Gasteiger partial charge in [-0.25, -0.2) is 0 Å². The molecule has 3 nitrogen and oxygen atoms in total. The van der Waals surface area contributed by atoms with Crippen molar-refractivity contribution in [3.05, 3.63) is 35.9 Å². The Morgan fingerprint density at radius 3 is 2.45 bits per heavy atom. The molecule has 3 heteroatoms. The quantitative estimate of drug-likeness (QED) is 0.895. The number of amides is 1. The fourth-order valence-electron chi connectivity index (χ4n) is 3.11. The van der Waals surface area contributed by atoms with Crippen molar-refractivity contribution >= 4 is 5.91 Å². The Kier molecular flexibility index (Phi) is 5.18. The second kappa shape index (κ2) is 6.89. The molecule has 1 saturated carbocycles. The molecule has 0 saturated heterocycles. The van der Waals surface area contributed by atoms with E-state index >= 15 is 0 Å². The molecule has 0 aromatic heterocycles. The maximum absolute atomic E-state index is 12.5. The SMILES string of the molecule is CNC1(CC(=O)N(C)Cc2ccccc2)CCCCC1. The van der Waals surface area contributed by atoms with Crippen LogP contribution in [0.25, 0.3) is 0 Å². The standard InChI is InChI=1S/C17H26N2O/c1-18-17(11-7-4-8-12-17)13-16(20)19(2)14-15-9-5-3-6-10-15/h3,5-6,9-10,18H,4,7-8,11-14H2,1-2H3. The van der Waals surface area contributed by atoms with Crippen LogP contribution in [0.15, 0.2) is 30.3 Å². The summed E-state index contributed by atoms with van der Waals surface area (Å²) >= 11 is 0. The smallest absolute Gasteiger partial charge is 0.224 e. The van der Waals surface area contributed by atoms with Gasteiger partial charge in [-0.05, 0) is 25.5 Å².